The first kappa shape index (κ1) is 14.9. The third-order valence-corrected chi connectivity index (χ3v) is 5.11. The number of nitrogens with two attached hydrogens (primary N) is 1. The summed E-state index contributed by atoms with van der Waals surface area (Å²) in [6, 6.07) is 11.4. The molecule has 1 saturated heterocycles. The van der Waals surface area contributed by atoms with E-state index in [2.05, 4.69) is 35.2 Å². The van der Waals surface area contributed by atoms with E-state index in [9.17, 15) is 0 Å². The maximum absolute atomic E-state index is 6.20. The normalized spacial score (nSPS) is 24.3. The van der Waals surface area contributed by atoms with E-state index in [0.717, 1.165) is 32.5 Å². The van der Waals surface area contributed by atoms with Crippen LogP contribution in [0.5, 0.6) is 0 Å². The highest BCUT2D eigenvalue weighted by molar-refractivity contribution is 5.47. The summed E-state index contributed by atoms with van der Waals surface area (Å²) in [6.07, 6.45) is 8.56. The number of para-hydroxylation sites is 1. The predicted molar refractivity (Wildman–Crippen MR) is 87.6 cm³/mol. The third kappa shape index (κ3) is 3.41. The summed E-state index contributed by atoms with van der Waals surface area (Å²) in [5.41, 5.74) is 7.27. The number of ether oxygens (including phenoxy) is 1. The maximum atomic E-state index is 6.20. The summed E-state index contributed by atoms with van der Waals surface area (Å²) in [7, 11) is 0. The van der Waals surface area contributed by atoms with Crippen LogP contribution in [0.3, 0.4) is 0 Å². The largest absolute Gasteiger partial charge is 0.375 e. The molecule has 116 valence electrons. The second kappa shape index (κ2) is 6.80. The monoisotopic (exact) mass is 288 g/mol. The van der Waals surface area contributed by atoms with E-state index < -0.39 is 0 Å². The van der Waals surface area contributed by atoms with Crippen LogP contribution >= 0.6 is 0 Å². The first-order valence-electron chi connectivity index (χ1n) is 8.49. The van der Waals surface area contributed by atoms with Gasteiger partial charge >= 0.3 is 0 Å². The molecule has 0 radical (unpaired) electrons. The van der Waals surface area contributed by atoms with Crippen molar-refractivity contribution in [3.63, 3.8) is 0 Å². The van der Waals surface area contributed by atoms with Crippen molar-refractivity contribution in [1.29, 1.82) is 0 Å². The molecule has 1 aromatic carbocycles. The van der Waals surface area contributed by atoms with Crippen LogP contribution in [0.1, 0.15) is 44.9 Å². The summed E-state index contributed by atoms with van der Waals surface area (Å²) in [5, 5.41) is 0. The SMILES string of the molecule is NCCCN(c1ccccc1)C1CCOC2(CCCC2)C1. The topological polar surface area (TPSA) is 38.5 Å². The molecule has 2 aliphatic rings. The fourth-order valence-corrected chi connectivity index (χ4v) is 4.04. The van der Waals surface area contributed by atoms with Crippen LogP contribution in [-0.4, -0.2) is 31.3 Å². The molecule has 1 aliphatic carbocycles. The van der Waals surface area contributed by atoms with E-state index in [1.807, 2.05) is 0 Å². The van der Waals surface area contributed by atoms with Gasteiger partial charge < -0.3 is 15.4 Å². The third-order valence-electron chi connectivity index (χ3n) is 5.11. The van der Waals surface area contributed by atoms with Crippen molar-refractivity contribution in [2.24, 2.45) is 5.73 Å². The molecule has 3 rings (SSSR count). The molecule has 3 nitrogen and oxygen atoms in total. The van der Waals surface area contributed by atoms with Crippen molar-refractivity contribution in [3.05, 3.63) is 30.3 Å². The summed E-state index contributed by atoms with van der Waals surface area (Å²) in [4.78, 5) is 2.58. The number of rotatable bonds is 5. The Morgan fingerprint density at radius 2 is 1.95 bits per heavy atom. The minimum atomic E-state index is 0.179. The van der Waals surface area contributed by atoms with Gasteiger partial charge in [0.15, 0.2) is 0 Å². The van der Waals surface area contributed by atoms with Gasteiger partial charge in [-0.25, -0.2) is 0 Å². The lowest BCUT2D eigenvalue weighted by molar-refractivity contribution is -0.0800. The molecule has 1 aliphatic heterocycles. The van der Waals surface area contributed by atoms with Crippen LogP contribution in [0.25, 0.3) is 0 Å². The number of nitrogens with zero attached hydrogens (tertiary/aromatic N) is 1. The smallest absolute Gasteiger partial charge is 0.0702 e. The van der Waals surface area contributed by atoms with Crippen molar-refractivity contribution >= 4 is 5.69 Å². The summed E-state index contributed by atoms with van der Waals surface area (Å²) in [5.74, 6) is 0. The molecule has 1 aromatic rings. The zero-order valence-corrected chi connectivity index (χ0v) is 13.0. The molecule has 1 heterocycles. The van der Waals surface area contributed by atoms with Gasteiger partial charge in [-0.15, -0.1) is 0 Å². The van der Waals surface area contributed by atoms with Gasteiger partial charge in [-0.3, -0.25) is 0 Å². The van der Waals surface area contributed by atoms with Crippen LogP contribution in [-0.2, 0) is 4.74 Å². The van der Waals surface area contributed by atoms with Gasteiger partial charge in [0.25, 0.3) is 0 Å². The van der Waals surface area contributed by atoms with Crippen LogP contribution in [0, 0.1) is 0 Å². The molecule has 0 bridgehead atoms. The Balaban J connectivity index is 1.75. The number of hydrogen-bond donors (Lipinski definition) is 1. The van der Waals surface area contributed by atoms with Crippen molar-refractivity contribution in [3.8, 4) is 0 Å². The quantitative estimate of drug-likeness (QED) is 0.903. The Kier molecular flexibility index (Phi) is 4.81. The minimum Gasteiger partial charge on any atom is -0.375 e. The van der Waals surface area contributed by atoms with Gasteiger partial charge in [0.1, 0.15) is 0 Å². The fraction of sp³-hybridized carbons (Fsp3) is 0.667. The molecule has 2 N–H and O–H groups in total. The Labute approximate surface area is 128 Å². The number of hydrogen-bond acceptors (Lipinski definition) is 3. The van der Waals surface area contributed by atoms with Gasteiger partial charge in [-0.2, -0.15) is 0 Å². The molecular weight excluding hydrogens is 260 g/mol. The second-order valence-corrected chi connectivity index (χ2v) is 6.56. The van der Waals surface area contributed by atoms with Gasteiger partial charge in [0.05, 0.1) is 5.60 Å². The van der Waals surface area contributed by atoms with E-state index >= 15 is 0 Å². The maximum Gasteiger partial charge on any atom is 0.0702 e. The average molecular weight is 288 g/mol. The summed E-state index contributed by atoms with van der Waals surface area (Å²) in [6.45, 7) is 2.73. The van der Waals surface area contributed by atoms with E-state index in [4.69, 9.17) is 10.5 Å². The molecule has 2 fully saturated rings. The molecule has 0 aromatic heterocycles. The number of anilines is 1. The van der Waals surface area contributed by atoms with E-state index in [1.165, 1.54) is 37.8 Å². The molecule has 21 heavy (non-hydrogen) atoms. The van der Waals surface area contributed by atoms with E-state index in [-0.39, 0.29) is 5.60 Å². The zero-order valence-electron chi connectivity index (χ0n) is 13.0. The standard InChI is InChI=1S/C18H28N2O/c19-12-6-13-20(16-7-2-1-3-8-16)17-9-14-21-18(15-17)10-4-5-11-18/h1-3,7-8,17H,4-6,9-15,19H2. The summed E-state index contributed by atoms with van der Waals surface area (Å²) < 4.78 is 6.20. The van der Waals surface area contributed by atoms with Gasteiger partial charge in [-0.05, 0) is 50.8 Å². The Morgan fingerprint density at radius 3 is 2.67 bits per heavy atom. The van der Waals surface area contributed by atoms with E-state index in [0.29, 0.717) is 6.04 Å². The van der Waals surface area contributed by atoms with Crippen molar-refractivity contribution in [1.82, 2.24) is 0 Å². The highest BCUT2D eigenvalue weighted by Crippen LogP contribution is 2.41. The lowest BCUT2D eigenvalue weighted by atomic mass is 9.87. The minimum absolute atomic E-state index is 0.179. The molecule has 3 heteroatoms. The van der Waals surface area contributed by atoms with Crippen molar-refractivity contribution < 1.29 is 4.74 Å². The molecule has 0 amide bonds. The van der Waals surface area contributed by atoms with Crippen LogP contribution < -0.4 is 10.6 Å². The van der Waals surface area contributed by atoms with Crippen LogP contribution in [0.15, 0.2) is 30.3 Å². The van der Waals surface area contributed by atoms with Crippen LogP contribution in [0.2, 0.25) is 0 Å². The Bertz CT molecular complexity index is 428. The molecule has 1 spiro atoms. The highest BCUT2D eigenvalue weighted by atomic mass is 16.5. The van der Waals surface area contributed by atoms with Gasteiger partial charge in [0, 0.05) is 24.9 Å². The zero-order chi connectivity index (χ0) is 14.5. The first-order chi connectivity index (χ1) is 10.3. The van der Waals surface area contributed by atoms with Gasteiger partial charge in [-0.1, -0.05) is 31.0 Å². The Hall–Kier alpha value is -1.06. The summed E-state index contributed by atoms with van der Waals surface area (Å²) >= 11 is 0. The highest BCUT2D eigenvalue weighted by Gasteiger charge is 2.41. The average Bonchev–Trinajstić information content (AvgIpc) is 2.97. The van der Waals surface area contributed by atoms with Crippen LogP contribution in [0.4, 0.5) is 5.69 Å². The first-order valence-corrected chi connectivity index (χ1v) is 8.49. The molecule has 1 atom stereocenters. The fourth-order valence-electron chi connectivity index (χ4n) is 4.04. The Morgan fingerprint density at radius 1 is 1.19 bits per heavy atom. The van der Waals surface area contributed by atoms with Crippen molar-refractivity contribution in [2.75, 3.05) is 24.6 Å². The van der Waals surface area contributed by atoms with E-state index in [1.54, 1.807) is 0 Å². The molecule has 1 saturated carbocycles. The van der Waals surface area contributed by atoms with Crippen molar-refractivity contribution in [2.45, 2.75) is 56.6 Å². The molecular formula is C18H28N2O. The van der Waals surface area contributed by atoms with Gasteiger partial charge in [0.2, 0.25) is 0 Å². The predicted octanol–water partition coefficient (Wildman–Crippen LogP) is 3.33. The lowest BCUT2D eigenvalue weighted by Crippen LogP contribution is -2.48. The number of benzene rings is 1. The second-order valence-electron chi connectivity index (χ2n) is 6.56. The molecule has 1 unspecified atom stereocenters. The lowest BCUT2D eigenvalue weighted by Gasteiger charge is -2.44.